The number of aliphatic hydroxyl groups excluding tert-OH is 4. The van der Waals surface area contributed by atoms with Crippen molar-refractivity contribution in [2.24, 2.45) is 0 Å². The van der Waals surface area contributed by atoms with E-state index >= 15 is 0 Å². The highest BCUT2D eigenvalue weighted by Gasteiger charge is 2.44. The summed E-state index contributed by atoms with van der Waals surface area (Å²) in [6, 6.07) is 7.58. The molecule has 26 heavy (non-hydrogen) atoms. The largest absolute Gasteiger partial charge is 0.497 e. The van der Waals surface area contributed by atoms with E-state index in [2.05, 4.69) is 0 Å². The van der Waals surface area contributed by atoms with Gasteiger partial charge in [-0.25, -0.2) is 0 Å². The Labute approximate surface area is 152 Å². The number of methoxy groups -OCH3 is 1. The molecule has 1 aliphatic heterocycles. The van der Waals surface area contributed by atoms with E-state index < -0.39 is 37.3 Å². The van der Waals surface area contributed by atoms with Gasteiger partial charge in [0.1, 0.15) is 30.2 Å². The molecule has 4 N–H and O–H groups in total. The Bertz CT molecular complexity index is 520. The van der Waals surface area contributed by atoms with Crippen LogP contribution in [0.4, 0.5) is 0 Å². The SMILES string of the molecule is COc1ccc(COCC[C@H](C)O[C@@H]2O[C@H](CO)[C@@H](O)[C@H](O)[C@H]2O)cc1. The highest BCUT2D eigenvalue weighted by molar-refractivity contribution is 5.26. The Balaban J connectivity index is 1.71. The lowest BCUT2D eigenvalue weighted by molar-refractivity contribution is -0.310. The van der Waals surface area contributed by atoms with E-state index in [-0.39, 0.29) is 6.10 Å². The third-order valence-corrected chi connectivity index (χ3v) is 4.31. The van der Waals surface area contributed by atoms with Gasteiger partial charge in [-0.3, -0.25) is 0 Å². The Kier molecular flexibility index (Phi) is 8.23. The first-order valence-corrected chi connectivity index (χ1v) is 8.63. The summed E-state index contributed by atoms with van der Waals surface area (Å²) in [5, 5.41) is 38.6. The van der Waals surface area contributed by atoms with Crippen LogP contribution in [-0.2, 0) is 20.8 Å². The zero-order chi connectivity index (χ0) is 19.1. The summed E-state index contributed by atoms with van der Waals surface area (Å²) in [4.78, 5) is 0. The molecule has 8 heteroatoms. The zero-order valence-electron chi connectivity index (χ0n) is 15.0. The normalized spacial score (nSPS) is 30.2. The third kappa shape index (κ3) is 5.62. The Morgan fingerprint density at radius 2 is 1.77 bits per heavy atom. The van der Waals surface area contributed by atoms with Gasteiger partial charge in [0.15, 0.2) is 6.29 Å². The van der Waals surface area contributed by atoms with Crippen LogP contribution in [0.25, 0.3) is 0 Å². The van der Waals surface area contributed by atoms with Crippen molar-refractivity contribution in [2.45, 2.75) is 56.8 Å². The van der Waals surface area contributed by atoms with Gasteiger partial charge in [-0.15, -0.1) is 0 Å². The van der Waals surface area contributed by atoms with E-state index in [1.54, 1.807) is 14.0 Å². The Morgan fingerprint density at radius 3 is 2.38 bits per heavy atom. The minimum Gasteiger partial charge on any atom is -0.497 e. The van der Waals surface area contributed by atoms with E-state index in [9.17, 15) is 20.4 Å². The number of rotatable bonds is 9. The molecule has 0 aromatic heterocycles. The first kappa shape index (κ1) is 21.0. The highest BCUT2D eigenvalue weighted by Crippen LogP contribution is 2.23. The topological polar surface area (TPSA) is 118 Å². The van der Waals surface area contributed by atoms with Crippen molar-refractivity contribution in [1.82, 2.24) is 0 Å². The molecule has 0 bridgehead atoms. The highest BCUT2D eigenvalue weighted by atomic mass is 16.7. The van der Waals surface area contributed by atoms with E-state index in [1.165, 1.54) is 0 Å². The monoisotopic (exact) mass is 372 g/mol. The van der Waals surface area contributed by atoms with Crippen molar-refractivity contribution >= 4 is 0 Å². The summed E-state index contributed by atoms with van der Waals surface area (Å²) in [6.45, 7) is 2.20. The van der Waals surface area contributed by atoms with Crippen molar-refractivity contribution in [1.29, 1.82) is 0 Å². The molecule has 1 saturated heterocycles. The van der Waals surface area contributed by atoms with E-state index in [4.69, 9.17) is 18.9 Å². The second kappa shape index (κ2) is 10.2. The fourth-order valence-electron chi connectivity index (χ4n) is 2.64. The summed E-state index contributed by atoms with van der Waals surface area (Å²) in [7, 11) is 1.61. The fraction of sp³-hybridized carbons (Fsp3) is 0.667. The lowest BCUT2D eigenvalue weighted by Crippen LogP contribution is -2.59. The number of benzene rings is 1. The van der Waals surface area contributed by atoms with Gasteiger partial charge >= 0.3 is 0 Å². The van der Waals surface area contributed by atoms with E-state index in [1.807, 2.05) is 24.3 Å². The fourth-order valence-corrected chi connectivity index (χ4v) is 2.64. The maximum atomic E-state index is 9.95. The first-order valence-electron chi connectivity index (χ1n) is 8.63. The maximum Gasteiger partial charge on any atom is 0.186 e. The number of hydrogen-bond acceptors (Lipinski definition) is 8. The van der Waals surface area contributed by atoms with E-state index in [0.717, 1.165) is 11.3 Å². The van der Waals surface area contributed by atoms with Crippen molar-refractivity contribution in [3.8, 4) is 5.75 Å². The quantitative estimate of drug-likeness (QED) is 0.441. The third-order valence-electron chi connectivity index (χ3n) is 4.31. The van der Waals surface area contributed by atoms with Crippen LogP contribution in [-0.4, -0.2) is 77.6 Å². The molecule has 6 atom stereocenters. The molecule has 1 fully saturated rings. The second-order valence-electron chi connectivity index (χ2n) is 6.33. The predicted molar refractivity (Wildman–Crippen MR) is 91.6 cm³/mol. The molecule has 0 unspecified atom stereocenters. The van der Waals surface area contributed by atoms with Crippen LogP contribution in [0.15, 0.2) is 24.3 Å². The smallest absolute Gasteiger partial charge is 0.186 e. The molecule has 0 aliphatic carbocycles. The minimum atomic E-state index is -1.44. The van der Waals surface area contributed by atoms with Gasteiger partial charge in [0, 0.05) is 6.61 Å². The summed E-state index contributed by atoms with van der Waals surface area (Å²) in [5.74, 6) is 0.787. The first-order chi connectivity index (χ1) is 12.5. The summed E-state index contributed by atoms with van der Waals surface area (Å²) in [6.07, 6.45) is -6.09. The van der Waals surface area contributed by atoms with E-state index in [0.29, 0.717) is 19.6 Å². The van der Waals surface area contributed by atoms with Crippen molar-refractivity contribution in [3.63, 3.8) is 0 Å². The molecule has 2 rings (SSSR count). The van der Waals surface area contributed by atoms with Crippen LogP contribution in [0.2, 0.25) is 0 Å². The summed E-state index contributed by atoms with van der Waals surface area (Å²) < 4.78 is 21.6. The van der Waals surface area contributed by atoms with Crippen LogP contribution >= 0.6 is 0 Å². The Morgan fingerprint density at radius 1 is 1.08 bits per heavy atom. The summed E-state index contributed by atoms with van der Waals surface area (Å²) in [5.41, 5.74) is 1.02. The van der Waals surface area contributed by atoms with Gasteiger partial charge in [-0.05, 0) is 31.0 Å². The lowest BCUT2D eigenvalue weighted by atomic mass is 9.99. The number of aliphatic hydroxyl groups is 4. The molecule has 8 nitrogen and oxygen atoms in total. The maximum absolute atomic E-state index is 9.95. The van der Waals surface area contributed by atoms with Crippen molar-refractivity contribution in [2.75, 3.05) is 20.3 Å². The predicted octanol–water partition coefficient (Wildman–Crippen LogP) is -0.193. The zero-order valence-corrected chi connectivity index (χ0v) is 15.0. The molecule has 1 aromatic carbocycles. The van der Waals surface area contributed by atoms with Crippen LogP contribution in [0.5, 0.6) is 5.75 Å². The average Bonchev–Trinajstić information content (AvgIpc) is 2.66. The van der Waals surface area contributed by atoms with Crippen LogP contribution in [0, 0.1) is 0 Å². The molecule has 0 amide bonds. The molecular formula is C18H28O8. The van der Waals surface area contributed by atoms with Gasteiger partial charge in [0.05, 0.1) is 26.4 Å². The van der Waals surface area contributed by atoms with Gasteiger partial charge in [-0.2, -0.15) is 0 Å². The molecular weight excluding hydrogens is 344 g/mol. The standard InChI is InChI=1S/C18H28O8/c1-11(7-8-24-10-12-3-5-13(23-2)6-4-12)25-18-17(22)16(21)15(20)14(9-19)26-18/h3-6,11,14-22H,7-10H2,1-2H3/t11-,14+,15+,16-,17+,18+/m0/s1. The molecule has 1 aromatic rings. The molecule has 1 heterocycles. The Hall–Kier alpha value is -1.26. The van der Waals surface area contributed by atoms with Crippen molar-refractivity contribution in [3.05, 3.63) is 29.8 Å². The molecule has 0 saturated carbocycles. The van der Waals surface area contributed by atoms with Gasteiger partial charge in [-0.1, -0.05) is 12.1 Å². The van der Waals surface area contributed by atoms with Crippen LogP contribution in [0.1, 0.15) is 18.9 Å². The molecule has 1 aliphatic rings. The van der Waals surface area contributed by atoms with Gasteiger partial charge in [0.2, 0.25) is 0 Å². The van der Waals surface area contributed by atoms with Crippen LogP contribution < -0.4 is 4.74 Å². The minimum absolute atomic E-state index is 0.313. The number of ether oxygens (including phenoxy) is 4. The molecule has 0 radical (unpaired) electrons. The van der Waals surface area contributed by atoms with Gasteiger partial charge < -0.3 is 39.4 Å². The van der Waals surface area contributed by atoms with Crippen molar-refractivity contribution < 1.29 is 39.4 Å². The average molecular weight is 372 g/mol. The lowest BCUT2D eigenvalue weighted by Gasteiger charge is -2.40. The second-order valence-corrected chi connectivity index (χ2v) is 6.33. The van der Waals surface area contributed by atoms with Gasteiger partial charge in [0.25, 0.3) is 0 Å². The molecule has 148 valence electrons. The molecule has 0 spiro atoms. The van der Waals surface area contributed by atoms with Crippen LogP contribution in [0.3, 0.4) is 0 Å². The summed E-state index contributed by atoms with van der Waals surface area (Å²) >= 11 is 0. The number of hydrogen-bond donors (Lipinski definition) is 4.